The Morgan fingerprint density at radius 1 is 1.09 bits per heavy atom. The van der Waals surface area contributed by atoms with Gasteiger partial charge in [-0.25, -0.2) is 4.98 Å². The first kappa shape index (κ1) is 22.8. The summed E-state index contributed by atoms with van der Waals surface area (Å²) >= 11 is 11.4. The standard InChI is InChI=1S/C25H22ClN3O3S/c1-3-15-5-11-22-20(13-15)28-24(32-22)16-6-9-18(10-7-16)27-25(33)29-23(30)17-8-12-21(31-4-2)19(26)14-17/h5-14H,3-4H2,1-2H3,(H2,27,29,30,33). The second-order valence-electron chi connectivity index (χ2n) is 7.24. The van der Waals surface area contributed by atoms with Crippen LogP contribution in [0.4, 0.5) is 5.69 Å². The Labute approximate surface area is 201 Å². The molecule has 0 radical (unpaired) electrons. The Balaban J connectivity index is 1.40. The van der Waals surface area contributed by atoms with Crippen molar-refractivity contribution in [2.75, 3.05) is 11.9 Å². The van der Waals surface area contributed by atoms with Gasteiger partial charge in [-0.05, 0) is 85.7 Å². The van der Waals surface area contributed by atoms with E-state index in [1.807, 2.05) is 49.4 Å². The number of carbonyl (C=O) groups is 1. The first-order chi connectivity index (χ1) is 16.0. The molecular formula is C25H22ClN3O3S. The number of anilines is 1. The van der Waals surface area contributed by atoms with Crippen LogP contribution in [0.15, 0.2) is 65.1 Å². The number of hydrogen-bond acceptors (Lipinski definition) is 5. The Morgan fingerprint density at radius 2 is 1.88 bits per heavy atom. The molecule has 0 fully saturated rings. The van der Waals surface area contributed by atoms with Crippen molar-refractivity contribution >= 4 is 51.6 Å². The van der Waals surface area contributed by atoms with Gasteiger partial charge in [-0.1, -0.05) is 24.6 Å². The van der Waals surface area contributed by atoms with Crippen molar-refractivity contribution in [1.29, 1.82) is 0 Å². The van der Waals surface area contributed by atoms with Crippen LogP contribution in [0.5, 0.6) is 5.75 Å². The SMILES string of the molecule is CCOc1ccc(C(=O)NC(=S)Nc2ccc(-c3nc4cc(CC)ccc4o3)cc2)cc1Cl. The van der Waals surface area contributed by atoms with Gasteiger partial charge in [-0.15, -0.1) is 0 Å². The molecule has 0 saturated heterocycles. The molecule has 1 amide bonds. The van der Waals surface area contributed by atoms with Gasteiger partial charge >= 0.3 is 0 Å². The van der Waals surface area contributed by atoms with Crippen LogP contribution in [0.3, 0.4) is 0 Å². The number of amides is 1. The minimum Gasteiger partial charge on any atom is -0.492 e. The van der Waals surface area contributed by atoms with E-state index in [0.29, 0.717) is 28.8 Å². The molecule has 1 aromatic heterocycles. The minimum atomic E-state index is -0.369. The van der Waals surface area contributed by atoms with Crippen molar-refractivity contribution in [3.8, 4) is 17.2 Å². The Kier molecular flexibility index (Phi) is 6.91. The van der Waals surface area contributed by atoms with Crippen LogP contribution < -0.4 is 15.4 Å². The summed E-state index contributed by atoms with van der Waals surface area (Å²) in [6.45, 7) is 4.46. The number of fused-ring (bicyclic) bond motifs is 1. The first-order valence-corrected chi connectivity index (χ1v) is 11.3. The zero-order valence-corrected chi connectivity index (χ0v) is 19.7. The number of thiocarbonyl (C=S) groups is 1. The summed E-state index contributed by atoms with van der Waals surface area (Å²) in [6, 6.07) is 18.3. The predicted molar refractivity (Wildman–Crippen MR) is 135 cm³/mol. The number of aryl methyl sites for hydroxylation is 1. The maximum Gasteiger partial charge on any atom is 0.257 e. The van der Waals surface area contributed by atoms with Crippen LogP contribution >= 0.6 is 23.8 Å². The molecule has 6 nitrogen and oxygen atoms in total. The van der Waals surface area contributed by atoms with Gasteiger partial charge in [-0.3, -0.25) is 10.1 Å². The van der Waals surface area contributed by atoms with Gasteiger partial charge in [0.1, 0.15) is 11.3 Å². The average molecular weight is 480 g/mol. The minimum absolute atomic E-state index is 0.173. The number of rotatable bonds is 6. The first-order valence-electron chi connectivity index (χ1n) is 10.5. The highest BCUT2D eigenvalue weighted by Crippen LogP contribution is 2.27. The van der Waals surface area contributed by atoms with Gasteiger partial charge in [-0.2, -0.15) is 0 Å². The molecule has 0 aliphatic rings. The van der Waals surface area contributed by atoms with E-state index in [1.165, 1.54) is 5.56 Å². The zero-order valence-electron chi connectivity index (χ0n) is 18.1. The molecule has 0 spiro atoms. The van der Waals surface area contributed by atoms with E-state index in [-0.39, 0.29) is 11.0 Å². The fourth-order valence-electron chi connectivity index (χ4n) is 3.26. The van der Waals surface area contributed by atoms with E-state index in [9.17, 15) is 4.79 Å². The van der Waals surface area contributed by atoms with E-state index in [1.54, 1.807) is 18.2 Å². The summed E-state index contributed by atoms with van der Waals surface area (Å²) < 4.78 is 11.3. The molecule has 4 rings (SSSR count). The lowest BCUT2D eigenvalue weighted by molar-refractivity contribution is 0.0977. The molecule has 0 unspecified atom stereocenters. The molecule has 0 bridgehead atoms. The molecule has 0 aliphatic heterocycles. The van der Waals surface area contributed by atoms with Crippen molar-refractivity contribution in [3.63, 3.8) is 0 Å². The highest BCUT2D eigenvalue weighted by atomic mass is 35.5. The van der Waals surface area contributed by atoms with Crippen molar-refractivity contribution in [1.82, 2.24) is 10.3 Å². The Hall–Kier alpha value is -3.42. The second-order valence-corrected chi connectivity index (χ2v) is 8.05. The quantitative estimate of drug-likeness (QED) is 0.319. The number of carbonyl (C=O) groups excluding carboxylic acids is 1. The van der Waals surface area contributed by atoms with Crippen LogP contribution in [-0.2, 0) is 6.42 Å². The highest BCUT2D eigenvalue weighted by molar-refractivity contribution is 7.80. The molecule has 33 heavy (non-hydrogen) atoms. The molecular weight excluding hydrogens is 458 g/mol. The number of benzene rings is 3. The molecule has 8 heteroatoms. The van der Waals surface area contributed by atoms with Gasteiger partial charge in [0.2, 0.25) is 5.89 Å². The lowest BCUT2D eigenvalue weighted by atomic mass is 10.1. The van der Waals surface area contributed by atoms with Gasteiger partial charge in [0, 0.05) is 16.8 Å². The summed E-state index contributed by atoms with van der Waals surface area (Å²) in [7, 11) is 0. The number of oxazole rings is 1. The smallest absolute Gasteiger partial charge is 0.257 e. The van der Waals surface area contributed by atoms with Crippen LogP contribution in [0.2, 0.25) is 5.02 Å². The summed E-state index contributed by atoms with van der Waals surface area (Å²) in [4.78, 5) is 17.1. The van der Waals surface area contributed by atoms with Crippen LogP contribution in [0, 0.1) is 0 Å². The molecule has 0 atom stereocenters. The molecule has 1 heterocycles. The summed E-state index contributed by atoms with van der Waals surface area (Å²) in [5.74, 6) is 0.710. The van der Waals surface area contributed by atoms with E-state index in [2.05, 4.69) is 22.5 Å². The number of nitrogens with one attached hydrogen (secondary N) is 2. The highest BCUT2D eigenvalue weighted by Gasteiger charge is 2.12. The molecule has 4 aromatic rings. The van der Waals surface area contributed by atoms with Gasteiger partial charge in [0.25, 0.3) is 5.91 Å². The molecule has 0 saturated carbocycles. The largest absolute Gasteiger partial charge is 0.492 e. The van der Waals surface area contributed by atoms with Crippen molar-refractivity contribution < 1.29 is 13.9 Å². The van der Waals surface area contributed by atoms with Crippen LogP contribution in [0.1, 0.15) is 29.8 Å². The molecule has 3 aromatic carbocycles. The van der Waals surface area contributed by atoms with E-state index in [0.717, 1.165) is 28.8 Å². The lowest BCUT2D eigenvalue weighted by Crippen LogP contribution is -2.34. The number of ether oxygens (including phenoxy) is 1. The Bertz CT molecular complexity index is 1320. The third-order valence-corrected chi connectivity index (χ3v) is 5.47. The number of nitrogens with zero attached hydrogens (tertiary/aromatic N) is 1. The van der Waals surface area contributed by atoms with Gasteiger partial charge in [0.15, 0.2) is 10.7 Å². The second kappa shape index (κ2) is 10.0. The van der Waals surface area contributed by atoms with Gasteiger partial charge in [0.05, 0.1) is 11.6 Å². The van der Waals surface area contributed by atoms with Crippen LogP contribution in [-0.4, -0.2) is 22.6 Å². The summed E-state index contributed by atoms with van der Waals surface area (Å²) in [6.07, 6.45) is 0.945. The topological polar surface area (TPSA) is 76.4 Å². The van der Waals surface area contributed by atoms with Crippen molar-refractivity contribution in [3.05, 3.63) is 76.8 Å². The Morgan fingerprint density at radius 3 is 2.58 bits per heavy atom. The molecule has 0 aliphatic carbocycles. The van der Waals surface area contributed by atoms with E-state index >= 15 is 0 Å². The third-order valence-electron chi connectivity index (χ3n) is 4.97. The monoisotopic (exact) mass is 479 g/mol. The van der Waals surface area contributed by atoms with Crippen molar-refractivity contribution in [2.45, 2.75) is 20.3 Å². The van der Waals surface area contributed by atoms with E-state index in [4.69, 9.17) is 33.0 Å². The van der Waals surface area contributed by atoms with Crippen molar-refractivity contribution in [2.24, 2.45) is 0 Å². The lowest BCUT2D eigenvalue weighted by Gasteiger charge is -2.11. The number of aromatic nitrogens is 1. The van der Waals surface area contributed by atoms with Gasteiger partial charge < -0.3 is 14.5 Å². The molecule has 168 valence electrons. The average Bonchev–Trinajstić information content (AvgIpc) is 3.24. The molecule has 2 N–H and O–H groups in total. The van der Waals surface area contributed by atoms with E-state index < -0.39 is 0 Å². The summed E-state index contributed by atoms with van der Waals surface area (Å²) in [5, 5.41) is 6.19. The maximum atomic E-state index is 12.5. The normalized spacial score (nSPS) is 10.8. The summed E-state index contributed by atoms with van der Waals surface area (Å²) in [5.41, 5.74) is 4.74. The zero-order chi connectivity index (χ0) is 23.4. The fourth-order valence-corrected chi connectivity index (χ4v) is 3.71. The predicted octanol–water partition coefficient (Wildman–Crippen LogP) is 6.24. The maximum absolute atomic E-state index is 12.5. The number of hydrogen-bond donors (Lipinski definition) is 2. The third kappa shape index (κ3) is 5.32. The van der Waals surface area contributed by atoms with Crippen LogP contribution in [0.25, 0.3) is 22.6 Å². The number of halogens is 1. The fraction of sp³-hybridized carbons (Fsp3) is 0.160.